The van der Waals surface area contributed by atoms with Crippen LogP contribution in [0.5, 0.6) is 0 Å². The summed E-state index contributed by atoms with van der Waals surface area (Å²) in [5.74, 6) is 1.91. The maximum atomic E-state index is 12.2. The van der Waals surface area contributed by atoms with Crippen molar-refractivity contribution in [3.05, 3.63) is 60.2 Å². The van der Waals surface area contributed by atoms with E-state index in [1.807, 2.05) is 0 Å². The van der Waals surface area contributed by atoms with E-state index in [0.717, 1.165) is 29.4 Å². The fourth-order valence-corrected chi connectivity index (χ4v) is 6.52. The minimum absolute atomic E-state index is 0.00260. The summed E-state index contributed by atoms with van der Waals surface area (Å²) in [5.41, 5.74) is 2.30. The van der Waals surface area contributed by atoms with Crippen LogP contribution in [0.2, 0.25) is 0 Å². The zero-order valence-corrected chi connectivity index (χ0v) is 24.2. The first-order valence-corrected chi connectivity index (χ1v) is 15.2. The summed E-state index contributed by atoms with van der Waals surface area (Å²) in [4.78, 5) is 23.8. The Morgan fingerprint density at radius 2 is 1.54 bits per heavy atom. The summed E-state index contributed by atoms with van der Waals surface area (Å²) in [5, 5.41) is 9.59. The highest BCUT2D eigenvalue weighted by atomic mass is 16.5. The number of carbonyl (C=O) groups excluding carboxylic acids is 2. The van der Waals surface area contributed by atoms with Crippen molar-refractivity contribution >= 4 is 11.9 Å². The molecule has 0 bridgehead atoms. The van der Waals surface area contributed by atoms with Gasteiger partial charge in [-0.1, -0.05) is 82.9 Å². The molecule has 2 atom stereocenters. The Hall–Kier alpha value is -2.40. The third kappa shape index (κ3) is 9.63. The molecule has 1 N–H and O–H groups in total. The Labute approximate surface area is 236 Å². The lowest BCUT2D eigenvalue weighted by Gasteiger charge is -2.38. The number of benzene rings is 1. The Balaban J connectivity index is 1.51. The Bertz CT molecular complexity index is 917. The molecule has 0 radical (unpaired) electrons. The van der Waals surface area contributed by atoms with Crippen LogP contribution in [0.1, 0.15) is 114 Å². The molecule has 2 fully saturated rings. The quantitative estimate of drug-likeness (QED) is 0.150. The number of hydrogen-bond donors (Lipinski definition) is 1. The standard InChI is InChI=1S/C34H50O5/c1-5-7-8-9-26-10-12-27(13-11-26)28-14-16-29(17-15-28)30-18-20-31(21-19-30)32(22-38-33(36)6-2)23-39-34(37)24(3)25(4)35/h6,18-21,25-29,32,35H,2-3,5,7-17,22-23H2,1,4H3. The van der Waals surface area contributed by atoms with Crippen LogP contribution in [0.3, 0.4) is 0 Å². The summed E-state index contributed by atoms with van der Waals surface area (Å²) < 4.78 is 10.7. The summed E-state index contributed by atoms with van der Waals surface area (Å²) in [6, 6.07) is 8.48. The molecule has 5 heteroatoms. The van der Waals surface area contributed by atoms with Crippen LogP contribution in [-0.4, -0.2) is 36.4 Å². The number of aliphatic hydroxyl groups excluding tert-OH is 1. The highest BCUT2D eigenvalue weighted by molar-refractivity contribution is 5.88. The van der Waals surface area contributed by atoms with E-state index < -0.39 is 18.0 Å². The van der Waals surface area contributed by atoms with Gasteiger partial charge in [-0.3, -0.25) is 0 Å². The first-order chi connectivity index (χ1) is 18.8. The lowest BCUT2D eigenvalue weighted by molar-refractivity contribution is -0.142. The van der Waals surface area contributed by atoms with E-state index in [4.69, 9.17) is 9.47 Å². The molecule has 2 aliphatic carbocycles. The summed E-state index contributed by atoms with van der Waals surface area (Å²) >= 11 is 0. The molecule has 2 aliphatic rings. The molecular weight excluding hydrogens is 488 g/mol. The van der Waals surface area contributed by atoms with Crippen LogP contribution < -0.4 is 0 Å². The smallest absolute Gasteiger partial charge is 0.336 e. The normalized spacial score (nSPS) is 24.8. The lowest BCUT2D eigenvalue weighted by atomic mass is 9.68. The van der Waals surface area contributed by atoms with Crippen molar-refractivity contribution < 1.29 is 24.2 Å². The molecule has 0 spiro atoms. The zero-order chi connectivity index (χ0) is 28.2. The van der Waals surface area contributed by atoms with Crippen molar-refractivity contribution in [1.29, 1.82) is 0 Å². The molecule has 0 aromatic heterocycles. The molecule has 0 aliphatic heterocycles. The number of unbranched alkanes of at least 4 members (excludes halogenated alkanes) is 2. The van der Waals surface area contributed by atoms with E-state index >= 15 is 0 Å². The Kier molecular flexibility index (Phi) is 12.8. The van der Waals surface area contributed by atoms with E-state index in [0.29, 0.717) is 5.92 Å². The van der Waals surface area contributed by atoms with Gasteiger partial charge in [-0.2, -0.15) is 0 Å². The van der Waals surface area contributed by atoms with Gasteiger partial charge in [0, 0.05) is 6.08 Å². The van der Waals surface area contributed by atoms with Crippen molar-refractivity contribution in [2.45, 2.75) is 109 Å². The Morgan fingerprint density at radius 3 is 2.10 bits per heavy atom. The van der Waals surface area contributed by atoms with Crippen molar-refractivity contribution in [3.63, 3.8) is 0 Å². The van der Waals surface area contributed by atoms with Gasteiger partial charge in [0.25, 0.3) is 0 Å². The van der Waals surface area contributed by atoms with Gasteiger partial charge in [0.1, 0.15) is 13.2 Å². The largest absolute Gasteiger partial charge is 0.462 e. The summed E-state index contributed by atoms with van der Waals surface area (Å²) in [7, 11) is 0. The van der Waals surface area contributed by atoms with E-state index in [9.17, 15) is 14.7 Å². The van der Waals surface area contributed by atoms with Crippen LogP contribution in [0, 0.1) is 17.8 Å². The number of hydrogen-bond acceptors (Lipinski definition) is 5. The monoisotopic (exact) mass is 538 g/mol. The molecule has 0 saturated heterocycles. The van der Waals surface area contributed by atoms with E-state index in [1.54, 1.807) is 0 Å². The molecule has 3 rings (SSSR count). The molecule has 1 aromatic carbocycles. The average Bonchev–Trinajstić information content (AvgIpc) is 2.97. The van der Waals surface area contributed by atoms with Gasteiger partial charge in [-0.05, 0) is 80.2 Å². The molecule has 2 unspecified atom stereocenters. The third-order valence-corrected chi connectivity index (χ3v) is 9.20. The molecule has 216 valence electrons. The number of ether oxygens (including phenoxy) is 2. The van der Waals surface area contributed by atoms with E-state index in [-0.39, 0.29) is 24.7 Å². The van der Waals surface area contributed by atoms with Crippen LogP contribution in [0.4, 0.5) is 0 Å². The van der Waals surface area contributed by atoms with Crippen molar-refractivity contribution in [2.24, 2.45) is 17.8 Å². The number of carbonyl (C=O) groups is 2. The highest BCUT2D eigenvalue weighted by Crippen LogP contribution is 2.44. The molecular formula is C34H50O5. The van der Waals surface area contributed by atoms with Crippen LogP contribution in [0.15, 0.2) is 49.1 Å². The number of esters is 2. The van der Waals surface area contributed by atoms with Gasteiger partial charge in [0.2, 0.25) is 0 Å². The predicted octanol–water partition coefficient (Wildman–Crippen LogP) is 7.64. The first kappa shape index (κ1) is 31.1. The second-order valence-electron chi connectivity index (χ2n) is 11.9. The maximum absolute atomic E-state index is 12.2. The van der Waals surface area contributed by atoms with E-state index in [1.165, 1.54) is 89.5 Å². The van der Waals surface area contributed by atoms with Crippen molar-refractivity contribution in [2.75, 3.05) is 13.2 Å². The van der Waals surface area contributed by atoms with Crippen LogP contribution in [0.25, 0.3) is 0 Å². The maximum Gasteiger partial charge on any atom is 0.336 e. The predicted molar refractivity (Wildman–Crippen MR) is 156 cm³/mol. The molecule has 39 heavy (non-hydrogen) atoms. The zero-order valence-electron chi connectivity index (χ0n) is 24.2. The molecule has 5 nitrogen and oxygen atoms in total. The summed E-state index contributed by atoms with van der Waals surface area (Å²) in [6.07, 6.45) is 16.7. The number of rotatable bonds is 14. The lowest BCUT2D eigenvalue weighted by Crippen LogP contribution is -2.25. The molecule has 0 heterocycles. The highest BCUT2D eigenvalue weighted by Gasteiger charge is 2.31. The minimum atomic E-state index is -0.977. The van der Waals surface area contributed by atoms with Crippen molar-refractivity contribution in [3.8, 4) is 0 Å². The second kappa shape index (κ2) is 16.0. The average molecular weight is 539 g/mol. The van der Waals surface area contributed by atoms with E-state index in [2.05, 4.69) is 44.3 Å². The fraction of sp³-hybridized carbons (Fsp3) is 0.647. The third-order valence-electron chi connectivity index (χ3n) is 9.20. The molecule has 2 saturated carbocycles. The van der Waals surface area contributed by atoms with Gasteiger partial charge >= 0.3 is 11.9 Å². The van der Waals surface area contributed by atoms with Crippen LogP contribution >= 0.6 is 0 Å². The van der Waals surface area contributed by atoms with Crippen LogP contribution in [-0.2, 0) is 19.1 Å². The second-order valence-corrected chi connectivity index (χ2v) is 11.9. The van der Waals surface area contributed by atoms with Crippen molar-refractivity contribution in [1.82, 2.24) is 0 Å². The number of aliphatic hydroxyl groups is 1. The molecule has 0 amide bonds. The fourth-order valence-electron chi connectivity index (χ4n) is 6.52. The SMILES string of the molecule is C=CC(=O)OCC(COC(=O)C(=C)C(C)O)c1ccc(C2CCC(C3CCC(CCCCC)CC3)CC2)cc1. The first-order valence-electron chi connectivity index (χ1n) is 15.2. The van der Waals surface area contributed by atoms with Gasteiger partial charge < -0.3 is 14.6 Å². The molecule has 1 aromatic rings. The topological polar surface area (TPSA) is 72.8 Å². The summed E-state index contributed by atoms with van der Waals surface area (Å²) in [6.45, 7) is 10.9. The van der Waals surface area contributed by atoms with Gasteiger partial charge in [0.05, 0.1) is 17.6 Å². The van der Waals surface area contributed by atoms with Gasteiger partial charge in [-0.15, -0.1) is 0 Å². The minimum Gasteiger partial charge on any atom is -0.462 e. The Morgan fingerprint density at radius 1 is 0.949 bits per heavy atom. The van der Waals surface area contributed by atoms with Gasteiger partial charge in [0.15, 0.2) is 0 Å². The van der Waals surface area contributed by atoms with Gasteiger partial charge in [-0.25, -0.2) is 9.59 Å².